The van der Waals surface area contributed by atoms with Crippen LogP contribution in [-0.4, -0.2) is 23.0 Å². The number of anilines is 1. The van der Waals surface area contributed by atoms with Crippen molar-refractivity contribution in [3.05, 3.63) is 70.1 Å². The Morgan fingerprint density at radius 3 is 2.90 bits per heavy atom. The third-order valence-electron chi connectivity index (χ3n) is 5.52. The molecule has 30 heavy (non-hydrogen) atoms. The van der Waals surface area contributed by atoms with E-state index in [1.165, 1.54) is 23.3 Å². The topological polar surface area (TPSA) is 67.0 Å². The van der Waals surface area contributed by atoms with E-state index in [0.717, 1.165) is 45.8 Å². The van der Waals surface area contributed by atoms with Crippen LogP contribution in [0.4, 0.5) is 5.00 Å². The van der Waals surface area contributed by atoms with Crippen molar-refractivity contribution in [2.75, 3.05) is 12.4 Å². The fourth-order valence-corrected chi connectivity index (χ4v) is 5.41. The Morgan fingerprint density at radius 2 is 2.03 bits per heavy atom. The van der Waals surface area contributed by atoms with Gasteiger partial charge in [0.25, 0.3) is 5.91 Å². The van der Waals surface area contributed by atoms with Crippen molar-refractivity contribution in [1.82, 2.24) is 9.97 Å². The summed E-state index contributed by atoms with van der Waals surface area (Å²) in [5.74, 6) is 0.725. The minimum absolute atomic E-state index is 0.107. The van der Waals surface area contributed by atoms with E-state index in [9.17, 15) is 4.79 Å². The van der Waals surface area contributed by atoms with Crippen LogP contribution in [0.5, 0.6) is 0 Å². The highest BCUT2D eigenvalue weighted by Crippen LogP contribution is 2.43. The minimum atomic E-state index is -0.107. The van der Waals surface area contributed by atoms with Gasteiger partial charge in [-0.05, 0) is 61.1 Å². The number of amides is 1. The number of aryl methyl sites for hydroxylation is 1. The molecule has 0 unspecified atom stereocenters. The standard InChI is InChI=1S/C24H23N3O2S/c1-29-14-15-7-6-8-16(13-15)23(28)27-24-21(17-9-2-5-12-20(17)30-24)22-25-18-10-3-4-11-19(18)26-22/h3-4,6-8,10-11,13H,2,5,9,12,14H2,1H3,(H,25,26)(H,27,28). The molecule has 0 bridgehead atoms. The van der Waals surface area contributed by atoms with Gasteiger partial charge in [-0.2, -0.15) is 0 Å². The maximum atomic E-state index is 13.1. The summed E-state index contributed by atoms with van der Waals surface area (Å²) in [5, 5.41) is 4.05. The molecule has 1 amide bonds. The van der Waals surface area contributed by atoms with Gasteiger partial charge in [0, 0.05) is 17.6 Å². The Hall–Kier alpha value is -2.96. The van der Waals surface area contributed by atoms with Crippen LogP contribution in [-0.2, 0) is 24.2 Å². The van der Waals surface area contributed by atoms with Crippen molar-refractivity contribution < 1.29 is 9.53 Å². The Bertz CT molecular complexity index is 1190. The number of carbonyl (C=O) groups excluding carboxylic acids is 1. The van der Waals surface area contributed by atoms with Crippen molar-refractivity contribution in [2.45, 2.75) is 32.3 Å². The lowest BCUT2D eigenvalue weighted by Gasteiger charge is -2.12. The molecule has 0 atom stereocenters. The van der Waals surface area contributed by atoms with Gasteiger partial charge in [-0.15, -0.1) is 11.3 Å². The van der Waals surface area contributed by atoms with Crippen LogP contribution in [0.15, 0.2) is 48.5 Å². The first-order valence-electron chi connectivity index (χ1n) is 10.2. The van der Waals surface area contributed by atoms with E-state index in [1.54, 1.807) is 18.4 Å². The second-order valence-electron chi connectivity index (χ2n) is 7.61. The molecule has 4 aromatic rings. The van der Waals surface area contributed by atoms with E-state index in [1.807, 2.05) is 48.5 Å². The SMILES string of the molecule is COCc1cccc(C(=O)Nc2sc3c(c2-c2nc4ccccc4[nH]2)CCCC3)c1. The molecule has 2 N–H and O–H groups in total. The number of imidazole rings is 1. The second-order valence-corrected chi connectivity index (χ2v) is 8.71. The number of hydrogen-bond acceptors (Lipinski definition) is 4. The molecular formula is C24H23N3O2S. The van der Waals surface area contributed by atoms with Gasteiger partial charge in [0.15, 0.2) is 0 Å². The Morgan fingerprint density at radius 1 is 1.17 bits per heavy atom. The van der Waals surface area contributed by atoms with Crippen molar-refractivity contribution in [3.63, 3.8) is 0 Å². The predicted molar refractivity (Wildman–Crippen MR) is 121 cm³/mol. The summed E-state index contributed by atoms with van der Waals surface area (Å²) in [4.78, 5) is 22.7. The summed E-state index contributed by atoms with van der Waals surface area (Å²) in [7, 11) is 1.66. The molecule has 5 nitrogen and oxygen atoms in total. The highest BCUT2D eigenvalue weighted by Gasteiger charge is 2.25. The first kappa shape index (κ1) is 19.0. The predicted octanol–water partition coefficient (Wildman–Crippen LogP) is 5.57. The number of aromatic amines is 1. The zero-order valence-corrected chi connectivity index (χ0v) is 17.6. The average molecular weight is 418 g/mol. The zero-order chi connectivity index (χ0) is 20.5. The molecule has 2 aromatic heterocycles. The monoisotopic (exact) mass is 417 g/mol. The number of fused-ring (bicyclic) bond motifs is 2. The normalized spacial score (nSPS) is 13.4. The number of ether oxygens (including phenoxy) is 1. The van der Waals surface area contributed by atoms with Crippen LogP contribution in [0.25, 0.3) is 22.4 Å². The molecule has 152 valence electrons. The summed E-state index contributed by atoms with van der Waals surface area (Å²) < 4.78 is 5.20. The first-order chi connectivity index (χ1) is 14.7. The largest absolute Gasteiger partial charge is 0.380 e. The van der Waals surface area contributed by atoms with E-state index >= 15 is 0 Å². The van der Waals surface area contributed by atoms with E-state index in [2.05, 4.69) is 10.3 Å². The third-order valence-corrected chi connectivity index (χ3v) is 6.73. The maximum absolute atomic E-state index is 13.1. The summed E-state index contributed by atoms with van der Waals surface area (Å²) in [6, 6.07) is 15.6. The molecule has 5 rings (SSSR count). The molecule has 0 saturated carbocycles. The molecule has 2 heterocycles. The lowest BCUT2D eigenvalue weighted by molar-refractivity contribution is 0.102. The van der Waals surface area contributed by atoms with Gasteiger partial charge in [-0.1, -0.05) is 24.3 Å². The fourth-order valence-electron chi connectivity index (χ4n) is 4.12. The molecular weight excluding hydrogens is 394 g/mol. The van der Waals surface area contributed by atoms with Gasteiger partial charge < -0.3 is 15.0 Å². The first-order valence-corrected chi connectivity index (χ1v) is 11.0. The quantitative estimate of drug-likeness (QED) is 0.446. The van der Waals surface area contributed by atoms with E-state index in [4.69, 9.17) is 9.72 Å². The van der Waals surface area contributed by atoms with Crippen LogP contribution >= 0.6 is 11.3 Å². The minimum Gasteiger partial charge on any atom is -0.380 e. The van der Waals surface area contributed by atoms with Gasteiger partial charge in [-0.3, -0.25) is 4.79 Å². The Labute approximate surface area is 179 Å². The van der Waals surface area contributed by atoms with Crippen LogP contribution in [0.3, 0.4) is 0 Å². The molecule has 0 spiro atoms. The van der Waals surface area contributed by atoms with Crippen LogP contribution in [0, 0.1) is 0 Å². The summed E-state index contributed by atoms with van der Waals surface area (Å²) in [6.45, 7) is 0.485. The summed E-state index contributed by atoms with van der Waals surface area (Å²) in [5.41, 5.74) is 5.93. The number of hydrogen-bond donors (Lipinski definition) is 2. The fraction of sp³-hybridized carbons (Fsp3) is 0.250. The number of thiophene rings is 1. The lowest BCUT2D eigenvalue weighted by Crippen LogP contribution is -2.12. The highest BCUT2D eigenvalue weighted by atomic mass is 32.1. The average Bonchev–Trinajstić information content (AvgIpc) is 3.34. The van der Waals surface area contributed by atoms with E-state index in [0.29, 0.717) is 12.2 Å². The second kappa shape index (κ2) is 8.05. The van der Waals surface area contributed by atoms with Gasteiger partial charge in [-0.25, -0.2) is 4.98 Å². The Kier molecular flexibility index (Phi) is 5.11. The van der Waals surface area contributed by atoms with Crippen molar-refractivity contribution in [2.24, 2.45) is 0 Å². The van der Waals surface area contributed by atoms with Crippen molar-refractivity contribution in [1.29, 1.82) is 0 Å². The molecule has 0 aliphatic heterocycles. The molecule has 1 aliphatic rings. The van der Waals surface area contributed by atoms with Crippen LogP contribution < -0.4 is 5.32 Å². The lowest BCUT2D eigenvalue weighted by atomic mass is 9.95. The van der Waals surface area contributed by atoms with Gasteiger partial charge in [0.05, 0.1) is 23.2 Å². The molecule has 1 aliphatic carbocycles. The number of nitrogens with zero attached hydrogens (tertiary/aromatic N) is 1. The third kappa shape index (κ3) is 3.53. The van der Waals surface area contributed by atoms with Gasteiger partial charge >= 0.3 is 0 Å². The van der Waals surface area contributed by atoms with E-state index < -0.39 is 0 Å². The zero-order valence-electron chi connectivity index (χ0n) is 16.8. The van der Waals surface area contributed by atoms with Gasteiger partial charge in [0.2, 0.25) is 0 Å². The number of H-pyrrole nitrogens is 1. The van der Waals surface area contributed by atoms with Crippen LogP contribution in [0.1, 0.15) is 39.2 Å². The molecule has 0 saturated heterocycles. The number of methoxy groups -OCH3 is 1. The molecule has 0 fully saturated rings. The summed E-state index contributed by atoms with van der Waals surface area (Å²) >= 11 is 1.69. The number of para-hydroxylation sites is 2. The molecule has 2 aromatic carbocycles. The maximum Gasteiger partial charge on any atom is 0.256 e. The molecule has 0 radical (unpaired) electrons. The van der Waals surface area contributed by atoms with Crippen LogP contribution in [0.2, 0.25) is 0 Å². The van der Waals surface area contributed by atoms with E-state index in [-0.39, 0.29) is 5.91 Å². The van der Waals surface area contributed by atoms with Crippen molar-refractivity contribution >= 4 is 33.3 Å². The number of rotatable bonds is 5. The summed E-state index contributed by atoms with van der Waals surface area (Å²) in [6.07, 6.45) is 4.45. The Balaban J connectivity index is 1.54. The number of aromatic nitrogens is 2. The number of nitrogens with one attached hydrogen (secondary N) is 2. The smallest absolute Gasteiger partial charge is 0.256 e. The van der Waals surface area contributed by atoms with Gasteiger partial charge in [0.1, 0.15) is 10.8 Å². The number of benzene rings is 2. The van der Waals surface area contributed by atoms with Crippen molar-refractivity contribution in [3.8, 4) is 11.4 Å². The number of carbonyl (C=O) groups is 1. The molecule has 6 heteroatoms. The highest BCUT2D eigenvalue weighted by molar-refractivity contribution is 7.17.